The van der Waals surface area contributed by atoms with Crippen LogP contribution in [-0.2, 0) is 20.6 Å². The number of halogens is 1. The normalized spacial score (nSPS) is 18.6. The minimum atomic E-state index is -3.52. The molecule has 2 atom stereocenters. The smallest absolute Gasteiger partial charge is 0.224 e. The van der Waals surface area contributed by atoms with E-state index in [-0.39, 0.29) is 30.2 Å². The molecule has 30 heavy (non-hydrogen) atoms. The van der Waals surface area contributed by atoms with Gasteiger partial charge in [-0.3, -0.25) is 4.79 Å². The minimum absolute atomic E-state index is 0.101. The van der Waals surface area contributed by atoms with E-state index < -0.39 is 10.0 Å². The average molecular weight is 451 g/mol. The molecule has 1 fully saturated rings. The van der Waals surface area contributed by atoms with E-state index in [2.05, 4.69) is 5.32 Å². The first-order valence-corrected chi connectivity index (χ1v) is 11.9. The van der Waals surface area contributed by atoms with Crippen LogP contribution in [0.15, 0.2) is 48.5 Å². The van der Waals surface area contributed by atoms with E-state index >= 15 is 0 Å². The predicted octanol–water partition coefficient (Wildman–Crippen LogP) is 3.77. The maximum Gasteiger partial charge on any atom is 0.224 e. The Kier molecular flexibility index (Phi) is 7.39. The van der Waals surface area contributed by atoms with Gasteiger partial charge in [0.2, 0.25) is 15.9 Å². The summed E-state index contributed by atoms with van der Waals surface area (Å²) in [7, 11) is -1.92. The van der Waals surface area contributed by atoms with Gasteiger partial charge in [0.05, 0.1) is 24.8 Å². The van der Waals surface area contributed by atoms with Crippen molar-refractivity contribution in [1.29, 1.82) is 0 Å². The highest BCUT2D eigenvalue weighted by molar-refractivity contribution is 7.88. The van der Waals surface area contributed by atoms with Crippen molar-refractivity contribution in [3.63, 3.8) is 0 Å². The summed E-state index contributed by atoms with van der Waals surface area (Å²) in [6, 6.07) is 14.1. The lowest BCUT2D eigenvalue weighted by Gasteiger charge is -2.32. The minimum Gasteiger partial charge on any atom is -0.496 e. The Morgan fingerprint density at radius 3 is 2.63 bits per heavy atom. The van der Waals surface area contributed by atoms with Crippen molar-refractivity contribution in [1.82, 2.24) is 9.62 Å². The van der Waals surface area contributed by atoms with Crippen LogP contribution in [0.3, 0.4) is 0 Å². The first kappa shape index (κ1) is 22.6. The Balaban J connectivity index is 1.64. The van der Waals surface area contributed by atoms with E-state index in [1.165, 1.54) is 4.31 Å². The van der Waals surface area contributed by atoms with Crippen LogP contribution in [-0.4, -0.2) is 38.8 Å². The molecule has 0 radical (unpaired) electrons. The van der Waals surface area contributed by atoms with E-state index in [0.717, 1.165) is 5.56 Å². The molecule has 0 spiro atoms. The third kappa shape index (κ3) is 5.53. The maximum atomic E-state index is 12.9. The van der Waals surface area contributed by atoms with Crippen molar-refractivity contribution in [2.45, 2.75) is 31.6 Å². The average Bonchev–Trinajstić information content (AvgIpc) is 2.75. The van der Waals surface area contributed by atoms with Crippen molar-refractivity contribution < 1.29 is 17.9 Å². The zero-order valence-corrected chi connectivity index (χ0v) is 18.7. The van der Waals surface area contributed by atoms with Gasteiger partial charge in [0.15, 0.2) is 0 Å². The number of methoxy groups -OCH3 is 1. The molecule has 1 aliphatic heterocycles. The van der Waals surface area contributed by atoms with Gasteiger partial charge < -0.3 is 10.1 Å². The molecule has 0 bridgehead atoms. The van der Waals surface area contributed by atoms with Crippen molar-refractivity contribution >= 4 is 27.5 Å². The number of ether oxygens (including phenoxy) is 1. The van der Waals surface area contributed by atoms with Gasteiger partial charge in [-0.2, -0.15) is 0 Å². The van der Waals surface area contributed by atoms with Gasteiger partial charge >= 0.3 is 0 Å². The standard InChI is InChI=1S/C22H27ClN2O4S/c1-16(20-7-3-4-8-21(20)29-2)24-22(26)18-6-5-13-25(14-18)30(27,28)15-17-9-11-19(23)12-10-17/h3-4,7-12,16,18H,5-6,13-15H2,1-2H3,(H,24,26). The van der Waals surface area contributed by atoms with Gasteiger partial charge in [0.25, 0.3) is 0 Å². The molecule has 0 aliphatic carbocycles. The zero-order valence-electron chi connectivity index (χ0n) is 17.2. The number of hydrogen-bond acceptors (Lipinski definition) is 4. The summed E-state index contributed by atoms with van der Waals surface area (Å²) in [6.07, 6.45) is 1.32. The third-order valence-electron chi connectivity index (χ3n) is 5.37. The molecule has 162 valence electrons. The molecule has 2 aromatic carbocycles. The second-order valence-corrected chi connectivity index (χ2v) is 9.96. The molecule has 1 amide bonds. The summed E-state index contributed by atoms with van der Waals surface area (Å²) in [4.78, 5) is 12.9. The second kappa shape index (κ2) is 9.81. The number of nitrogens with zero attached hydrogens (tertiary/aromatic N) is 1. The quantitative estimate of drug-likeness (QED) is 0.696. The fraction of sp³-hybridized carbons (Fsp3) is 0.409. The summed E-state index contributed by atoms with van der Waals surface area (Å²) < 4.78 is 32.6. The number of carbonyl (C=O) groups is 1. The van der Waals surface area contributed by atoms with Gasteiger partial charge in [-0.15, -0.1) is 0 Å². The van der Waals surface area contributed by atoms with E-state index in [1.54, 1.807) is 31.4 Å². The fourth-order valence-electron chi connectivity index (χ4n) is 3.72. The number of rotatable bonds is 7. The van der Waals surface area contributed by atoms with E-state index in [0.29, 0.717) is 35.7 Å². The Bertz CT molecular complexity index is 979. The summed E-state index contributed by atoms with van der Waals surface area (Å²) in [5.74, 6) is 0.0904. The highest BCUT2D eigenvalue weighted by atomic mass is 35.5. The highest BCUT2D eigenvalue weighted by Gasteiger charge is 2.33. The largest absolute Gasteiger partial charge is 0.496 e. The number of nitrogens with one attached hydrogen (secondary N) is 1. The van der Waals surface area contributed by atoms with Crippen LogP contribution < -0.4 is 10.1 Å². The Morgan fingerprint density at radius 1 is 1.23 bits per heavy atom. The number of hydrogen-bond donors (Lipinski definition) is 1. The molecule has 8 heteroatoms. The molecule has 2 unspecified atom stereocenters. The molecular formula is C22H27ClN2O4S. The number of piperidine rings is 1. The number of amides is 1. The lowest BCUT2D eigenvalue weighted by molar-refractivity contribution is -0.126. The molecule has 1 N–H and O–H groups in total. The summed E-state index contributed by atoms with van der Waals surface area (Å²) in [6.45, 7) is 2.52. The predicted molar refractivity (Wildman–Crippen MR) is 118 cm³/mol. The zero-order chi connectivity index (χ0) is 21.7. The fourth-order valence-corrected chi connectivity index (χ4v) is 5.46. The first-order valence-electron chi connectivity index (χ1n) is 9.95. The van der Waals surface area contributed by atoms with Gasteiger partial charge in [-0.1, -0.05) is 41.9 Å². The summed E-state index contributed by atoms with van der Waals surface area (Å²) in [5.41, 5.74) is 1.56. The van der Waals surface area contributed by atoms with Gasteiger partial charge in [-0.25, -0.2) is 12.7 Å². The van der Waals surface area contributed by atoms with Crippen molar-refractivity contribution in [2.75, 3.05) is 20.2 Å². The number of sulfonamides is 1. The number of carbonyl (C=O) groups excluding carboxylic acids is 1. The molecular weight excluding hydrogens is 424 g/mol. The Morgan fingerprint density at radius 2 is 1.93 bits per heavy atom. The van der Waals surface area contributed by atoms with Crippen molar-refractivity contribution in [2.24, 2.45) is 5.92 Å². The van der Waals surface area contributed by atoms with Crippen LogP contribution in [0.1, 0.15) is 36.9 Å². The lowest BCUT2D eigenvalue weighted by Crippen LogP contribution is -2.46. The maximum absolute atomic E-state index is 12.9. The van der Waals surface area contributed by atoms with E-state index in [1.807, 2.05) is 31.2 Å². The molecule has 0 saturated carbocycles. The van der Waals surface area contributed by atoms with Gasteiger partial charge in [0, 0.05) is 23.7 Å². The van der Waals surface area contributed by atoms with Crippen molar-refractivity contribution in [3.05, 3.63) is 64.7 Å². The Labute approximate surface area is 183 Å². The van der Waals surface area contributed by atoms with Gasteiger partial charge in [0.1, 0.15) is 5.75 Å². The molecule has 6 nitrogen and oxygen atoms in total. The van der Waals surface area contributed by atoms with Crippen molar-refractivity contribution in [3.8, 4) is 5.75 Å². The Hall–Kier alpha value is -2.09. The molecule has 1 saturated heterocycles. The monoisotopic (exact) mass is 450 g/mol. The summed E-state index contributed by atoms with van der Waals surface area (Å²) in [5, 5.41) is 3.58. The van der Waals surface area contributed by atoms with Crippen LogP contribution in [0.2, 0.25) is 5.02 Å². The van der Waals surface area contributed by atoms with E-state index in [9.17, 15) is 13.2 Å². The molecule has 1 aliphatic rings. The molecule has 2 aromatic rings. The second-order valence-electron chi connectivity index (χ2n) is 7.55. The van der Waals surface area contributed by atoms with Gasteiger partial charge in [-0.05, 0) is 43.5 Å². The summed E-state index contributed by atoms with van der Waals surface area (Å²) >= 11 is 5.88. The molecule has 0 aromatic heterocycles. The molecule has 3 rings (SSSR count). The van der Waals surface area contributed by atoms with Crippen LogP contribution in [0.4, 0.5) is 0 Å². The topological polar surface area (TPSA) is 75.7 Å². The third-order valence-corrected chi connectivity index (χ3v) is 7.44. The number of benzene rings is 2. The number of para-hydroxylation sites is 1. The lowest BCUT2D eigenvalue weighted by atomic mass is 9.97. The first-order chi connectivity index (χ1) is 14.3. The molecule has 1 heterocycles. The van der Waals surface area contributed by atoms with E-state index in [4.69, 9.17) is 16.3 Å². The van der Waals surface area contributed by atoms with Crippen LogP contribution >= 0.6 is 11.6 Å². The van der Waals surface area contributed by atoms with Crippen LogP contribution in [0, 0.1) is 5.92 Å². The SMILES string of the molecule is COc1ccccc1C(C)NC(=O)C1CCCN(S(=O)(=O)Cc2ccc(Cl)cc2)C1. The highest BCUT2D eigenvalue weighted by Crippen LogP contribution is 2.26. The van der Waals surface area contributed by atoms with Crippen LogP contribution in [0.5, 0.6) is 5.75 Å². The van der Waals surface area contributed by atoms with Crippen LogP contribution in [0.25, 0.3) is 0 Å².